The number of aliphatic hydroxyl groups excluding tert-OH is 1. The third kappa shape index (κ3) is 3.74. The number of methoxy groups -OCH3 is 1. The molecule has 1 unspecified atom stereocenters. The second-order valence-corrected chi connectivity index (χ2v) is 4.54. The maximum atomic E-state index is 9.54. The van der Waals surface area contributed by atoms with Gasteiger partial charge in [0.1, 0.15) is 5.75 Å². The van der Waals surface area contributed by atoms with E-state index in [1.807, 2.05) is 18.2 Å². The lowest BCUT2D eigenvalue weighted by atomic mass is 9.84. The molecule has 1 N–H and O–H groups in total. The van der Waals surface area contributed by atoms with Crippen LogP contribution in [0.25, 0.3) is 0 Å². The van der Waals surface area contributed by atoms with E-state index in [0.29, 0.717) is 11.8 Å². The van der Waals surface area contributed by atoms with Gasteiger partial charge < -0.3 is 9.84 Å². The highest BCUT2D eigenvalue weighted by Crippen LogP contribution is 2.27. The molecular formula is C15H24O2. The molecule has 0 bridgehead atoms. The van der Waals surface area contributed by atoms with Crippen molar-refractivity contribution in [1.29, 1.82) is 0 Å². The van der Waals surface area contributed by atoms with Crippen LogP contribution >= 0.6 is 0 Å². The summed E-state index contributed by atoms with van der Waals surface area (Å²) in [7, 11) is 1.70. The van der Waals surface area contributed by atoms with Gasteiger partial charge in [0.05, 0.1) is 7.11 Å². The van der Waals surface area contributed by atoms with Crippen molar-refractivity contribution in [2.24, 2.45) is 11.8 Å². The molecule has 0 saturated heterocycles. The van der Waals surface area contributed by atoms with Gasteiger partial charge in [-0.2, -0.15) is 0 Å². The fourth-order valence-corrected chi connectivity index (χ4v) is 2.49. The molecule has 0 spiro atoms. The van der Waals surface area contributed by atoms with Gasteiger partial charge in [-0.1, -0.05) is 44.9 Å². The van der Waals surface area contributed by atoms with Crippen molar-refractivity contribution in [3.63, 3.8) is 0 Å². The van der Waals surface area contributed by atoms with E-state index < -0.39 is 0 Å². The molecule has 1 aromatic carbocycles. The zero-order valence-electron chi connectivity index (χ0n) is 11.1. The van der Waals surface area contributed by atoms with Crippen LogP contribution in [0, 0.1) is 11.8 Å². The Morgan fingerprint density at radius 1 is 1.12 bits per heavy atom. The van der Waals surface area contributed by atoms with Crippen LogP contribution in [0.2, 0.25) is 0 Å². The largest absolute Gasteiger partial charge is 0.496 e. The molecule has 1 atom stereocenters. The maximum Gasteiger partial charge on any atom is 0.122 e. The highest BCUT2D eigenvalue weighted by molar-refractivity contribution is 5.33. The van der Waals surface area contributed by atoms with E-state index in [1.54, 1.807) is 7.11 Å². The SMILES string of the molecule is CCC(CC)C(CO)Cc1ccccc1OC. The average molecular weight is 236 g/mol. The molecule has 1 rings (SSSR count). The van der Waals surface area contributed by atoms with E-state index in [-0.39, 0.29) is 6.61 Å². The summed E-state index contributed by atoms with van der Waals surface area (Å²) in [5.41, 5.74) is 1.20. The minimum absolute atomic E-state index is 0.254. The van der Waals surface area contributed by atoms with Crippen molar-refractivity contribution in [3.05, 3.63) is 29.8 Å². The highest BCUT2D eigenvalue weighted by atomic mass is 16.5. The Morgan fingerprint density at radius 3 is 2.29 bits per heavy atom. The average Bonchev–Trinajstić information content (AvgIpc) is 2.39. The molecule has 2 heteroatoms. The van der Waals surface area contributed by atoms with Crippen LogP contribution in [0.3, 0.4) is 0 Å². The van der Waals surface area contributed by atoms with Crippen molar-refractivity contribution in [2.75, 3.05) is 13.7 Å². The summed E-state index contributed by atoms with van der Waals surface area (Å²) in [6, 6.07) is 8.08. The first kappa shape index (κ1) is 14.0. The van der Waals surface area contributed by atoms with E-state index in [4.69, 9.17) is 4.74 Å². The van der Waals surface area contributed by atoms with Gasteiger partial charge in [0.15, 0.2) is 0 Å². The molecule has 96 valence electrons. The van der Waals surface area contributed by atoms with Gasteiger partial charge in [-0.25, -0.2) is 0 Å². The fraction of sp³-hybridized carbons (Fsp3) is 0.600. The summed E-state index contributed by atoms with van der Waals surface area (Å²) >= 11 is 0. The van der Waals surface area contributed by atoms with Crippen LogP contribution < -0.4 is 4.74 Å². The summed E-state index contributed by atoms with van der Waals surface area (Å²) < 4.78 is 5.36. The molecular weight excluding hydrogens is 212 g/mol. The van der Waals surface area contributed by atoms with E-state index >= 15 is 0 Å². The Hall–Kier alpha value is -1.02. The zero-order chi connectivity index (χ0) is 12.7. The van der Waals surface area contributed by atoms with Crippen molar-refractivity contribution >= 4 is 0 Å². The Morgan fingerprint density at radius 2 is 1.76 bits per heavy atom. The van der Waals surface area contributed by atoms with E-state index in [9.17, 15) is 5.11 Å². The Labute approximate surface area is 105 Å². The molecule has 0 aliphatic carbocycles. The van der Waals surface area contributed by atoms with Crippen LogP contribution in [0.1, 0.15) is 32.3 Å². The molecule has 0 fully saturated rings. The van der Waals surface area contributed by atoms with Gasteiger partial charge in [-0.3, -0.25) is 0 Å². The van der Waals surface area contributed by atoms with Crippen LogP contribution in [0.15, 0.2) is 24.3 Å². The van der Waals surface area contributed by atoms with Gasteiger partial charge in [0.25, 0.3) is 0 Å². The molecule has 0 aliphatic rings. The minimum atomic E-state index is 0.254. The molecule has 0 aliphatic heterocycles. The Bertz CT molecular complexity index is 318. The van der Waals surface area contributed by atoms with Gasteiger partial charge in [-0.05, 0) is 29.9 Å². The summed E-state index contributed by atoms with van der Waals surface area (Å²) in [5, 5.41) is 9.54. The number of rotatable bonds is 7. The van der Waals surface area contributed by atoms with Gasteiger partial charge in [0, 0.05) is 6.61 Å². The lowest BCUT2D eigenvalue weighted by molar-refractivity contribution is 0.167. The molecule has 0 heterocycles. The fourth-order valence-electron chi connectivity index (χ4n) is 2.49. The van der Waals surface area contributed by atoms with Crippen LogP contribution in [0.4, 0.5) is 0 Å². The third-order valence-electron chi connectivity index (χ3n) is 3.62. The van der Waals surface area contributed by atoms with Crippen molar-refractivity contribution in [1.82, 2.24) is 0 Å². The molecule has 0 amide bonds. The quantitative estimate of drug-likeness (QED) is 0.787. The lowest BCUT2D eigenvalue weighted by Gasteiger charge is -2.24. The molecule has 2 nitrogen and oxygen atoms in total. The smallest absolute Gasteiger partial charge is 0.122 e. The standard InChI is InChI=1S/C15H24O2/c1-4-12(5-2)14(11-16)10-13-8-6-7-9-15(13)17-3/h6-9,12,14,16H,4-5,10-11H2,1-3H3. The normalized spacial score (nSPS) is 12.8. The Kier molecular flexibility index (Phi) is 6.06. The van der Waals surface area contributed by atoms with E-state index in [2.05, 4.69) is 19.9 Å². The number of benzene rings is 1. The van der Waals surface area contributed by atoms with Crippen molar-refractivity contribution in [3.8, 4) is 5.75 Å². The first-order valence-electron chi connectivity index (χ1n) is 6.49. The second kappa shape index (κ2) is 7.33. The molecule has 1 aromatic rings. The lowest BCUT2D eigenvalue weighted by Crippen LogP contribution is -2.20. The maximum absolute atomic E-state index is 9.54. The molecule has 0 aromatic heterocycles. The first-order valence-corrected chi connectivity index (χ1v) is 6.49. The van der Waals surface area contributed by atoms with Crippen LogP contribution in [0.5, 0.6) is 5.75 Å². The van der Waals surface area contributed by atoms with Gasteiger partial charge in [0.2, 0.25) is 0 Å². The Balaban J connectivity index is 2.79. The number of hydrogen-bond acceptors (Lipinski definition) is 2. The predicted molar refractivity (Wildman–Crippen MR) is 71.3 cm³/mol. The van der Waals surface area contributed by atoms with Crippen molar-refractivity contribution in [2.45, 2.75) is 33.1 Å². The van der Waals surface area contributed by atoms with E-state index in [0.717, 1.165) is 25.0 Å². The minimum Gasteiger partial charge on any atom is -0.496 e. The molecule has 17 heavy (non-hydrogen) atoms. The summed E-state index contributed by atoms with van der Waals surface area (Å²) in [5.74, 6) is 1.85. The summed E-state index contributed by atoms with van der Waals surface area (Å²) in [4.78, 5) is 0. The van der Waals surface area contributed by atoms with Gasteiger partial charge >= 0.3 is 0 Å². The zero-order valence-corrected chi connectivity index (χ0v) is 11.1. The highest BCUT2D eigenvalue weighted by Gasteiger charge is 2.19. The van der Waals surface area contributed by atoms with Crippen LogP contribution in [-0.4, -0.2) is 18.8 Å². The number of para-hydroxylation sites is 1. The number of ether oxygens (including phenoxy) is 1. The first-order chi connectivity index (χ1) is 8.26. The number of hydrogen-bond donors (Lipinski definition) is 1. The monoisotopic (exact) mass is 236 g/mol. The number of aliphatic hydroxyl groups is 1. The van der Waals surface area contributed by atoms with Gasteiger partial charge in [-0.15, -0.1) is 0 Å². The predicted octanol–water partition coefficient (Wildman–Crippen LogP) is 3.28. The molecule has 0 radical (unpaired) electrons. The second-order valence-electron chi connectivity index (χ2n) is 4.54. The third-order valence-corrected chi connectivity index (χ3v) is 3.62. The molecule has 0 saturated carbocycles. The topological polar surface area (TPSA) is 29.5 Å². The summed E-state index contributed by atoms with van der Waals surface area (Å²) in [6.07, 6.45) is 3.14. The van der Waals surface area contributed by atoms with Crippen LogP contribution in [-0.2, 0) is 6.42 Å². The summed E-state index contributed by atoms with van der Waals surface area (Å²) in [6.45, 7) is 4.64. The van der Waals surface area contributed by atoms with E-state index in [1.165, 1.54) is 5.56 Å². The van der Waals surface area contributed by atoms with Crippen molar-refractivity contribution < 1.29 is 9.84 Å².